The summed E-state index contributed by atoms with van der Waals surface area (Å²) in [7, 11) is 0. The summed E-state index contributed by atoms with van der Waals surface area (Å²) in [4.78, 5) is 22.5. The second kappa shape index (κ2) is 2.69. The van der Waals surface area contributed by atoms with Crippen molar-refractivity contribution in [3.05, 3.63) is 35.4 Å². The number of fused-ring (bicyclic) bond motifs is 1. The van der Waals surface area contributed by atoms with Gasteiger partial charge in [0.2, 0.25) is 0 Å². The standard InChI is InChI=1S/C10H9NO2/c1-6-7-4-2-3-5-8(7)9(12)10(13)11-6/h2-6H,1H3,(H,11,13)/t6-/m1/s1. The predicted octanol–water partition coefficient (Wildman–Crippen LogP) is 1.06. The van der Waals surface area contributed by atoms with Crippen molar-refractivity contribution in [3.63, 3.8) is 0 Å². The van der Waals surface area contributed by atoms with Gasteiger partial charge in [-0.3, -0.25) is 9.59 Å². The fourth-order valence-electron chi connectivity index (χ4n) is 1.54. The topological polar surface area (TPSA) is 46.2 Å². The van der Waals surface area contributed by atoms with Gasteiger partial charge >= 0.3 is 0 Å². The summed E-state index contributed by atoms with van der Waals surface area (Å²) in [5.74, 6) is -0.945. The number of rotatable bonds is 0. The second-order valence-corrected chi connectivity index (χ2v) is 3.11. The monoisotopic (exact) mass is 175 g/mol. The molecule has 0 radical (unpaired) electrons. The molecule has 0 aliphatic carbocycles. The number of hydrogen-bond donors (Lipinski definition) is 1. The van der Waals surface area contributed by atoms with Crippen molar-refractivity contribution >= 4 is 11.7 Å². The number of carbonyl (C=O) groups excluding carboxylic acids is 2. The van der Waals surface area contributed by atoms with Crippen LogP contribution in [0.4, 0.5) is 0 Å². The Hall–Kier alpha value is -1.64. The first-order chi connectivity index (χ1) is 6.20. The van der Waals surface area contributed by atoms with E-state index < -0.39 is 11.7 Å². The lowest BCUT2D eigenvalue weighted by Gasteiger charge is -2.21. The highest BCUT2D eigenvalue weighted by Gasteiger charge is 2.28. The fourth-order valence-corrected chi connectivity index (χ4v) is 1.54. The predicted molar refractivity (Wildman–Crippen MR) is 47.3 cm³/mol. The summed E-state index contributed by atoms with van der Waals surface area (Å²) in [6.07, 6.45) is 0. The Bertz CT molecular complexity index is 384. The summed E-state index contributed by atoms with van der Waals surface area (Å²) in [6.45, 7) is 1.86. The van der Waals surface area contributed by atoms with Crippen LogP contribution >= 0.6 is 0 Å². The van der Waals surface area contributed by atoms with Crippen LogP contribution in [0.3, 0.4) is 0 Å². The first-order valence-electron chi connectivity index (χ1n) is 4.14. The van der Waals surface area contributed by atoms with Gasteiger partial charge in [0.25, 0.3) is 11.7 Å². The lowest BCUT2D eigenvalue weighted by atomic mass is 9.94. The molecule has 3 nitrogen and oxygen atoms in total. The van der Waals surface area contributed by atoms with Gasteiger partial charge in [-0.15, -0.1) is 0 Å². The molecule has 1 aromatic rings. The number of ketones is 1. The van der Waals surface area contributed by atoms with Gasteiger partial charge in [-0.25, -0.2) is 0 Å². The van der Waals surface area contributed by atoms with Crippen LogP contribution < -0.4 is 5.32 Å². The minimum absolute atomic E-state index is 0.0681. The van der Waals surface area contributed by atoms with E-state index in [2.05, 4.69) is 5.32 Å². The molecule has 0 saturated heterocycles. The Labute approximate surface area is 75.8 Å². The van der Waals surface area contributed by atoms with Crippen LogP contribution in [0.2, 0.25) is 0 Å². The lowest BCUT2D eigenvalue weighted by molar-refractivity contribution is -0.117. The first kappa shape index (κ1) is 7.98. The first-order valence-corrected chi connectivity index (χ1v) is 4.14. The van der Waals surface area contributed by atoms with E-state index in [1.807, 2.05) is 19.1 Å². The Morgan fingerprint density at radius 2 is 1.92 bits per heavy atom. The third kappa shape index (κ3) is 1.13. The van der Waals surface area contributed by atoms with E-state index in [0.29, 0.717) is 5.56 Å². The van der Waals surface area contributed by atoms with E-state index in [-0.39, 0.29) is 6.04 Å². The smallest absolute Gasteiger partial charge is 0.292 e. The van der Waals surface area contributed by atoms with Crippen LogP contribution in [0.25, 0.3) is 0 Å². The van der Waals surface area contributed by atoms with Crippen LogP contribution in [0.5, 0.6) is 0 Å². The molecule has 3 heteroatoms. The summed E-state index contributed by atoms with van der Waals surface area (Å²) in [5.41, 5.74) is 1.42. The van der Waals surface area contributed by atoms with Crippen LogP contribution in [0, 0.1) is 0 Å². The maximum absolute atomic E-state index is 11.4. The SMILES string of the molecule is C[C@H]1NC(=O)C(=O)c2ccccc21. The Morgan fingerprint density at radius 3 is 2.69 bits per heavy atom. The van der Waals surface area contributed by atoms with E-state index in [1.165, 1.54) is 0 Å². The molecule has 0 spiro atoms. The van der Waals surface area contributed by atoms with Gasteiger partial charge in [-0.1, -0.05) is 24.3 Å². The number of nitrogens with one attached hydrogen (secondary N) is 1. The average Bonchev–Trinajstić information content (AvgIpc) is 2.15. The second-order valence-electron chi connectivity index (χ2n) is 3.11. The molecule has 0 unspecified atom stereocenters. The van der Waals surface area contributed by atoms with E-state index in [0.717, 1.165) is 5.56 Å². The number of carbonyl (C=O) groups is 2. The van der Waals surface area contributed by atoms with Gasteiger partial charge in [0.1, 0.15) is 0 Å². The van der Waals surface area contributed by atoms with Gasteiger partial charge in [0.15, 0.2) is 0 Å². The largest absolute Gasteiger partial charge is 0.343 e. The van der Waals surface area contributed by atoms with E-state index >= 15 is 0 Å². The summed E-state index contributed by atoms with van der Waals surface area (Å²) < 4.78 is 0. The molecule has 0 saturated carbocycles. The maximum Gasteiger partial charge on any atom is 0.292 e. The van der Waals surface area contributed by atoms with Crippen molar-refractivity contribution in [1.82, 2.24) is 5.32 Å². The molecule has 1 aromatic carbocycles. The molecule has 66 valence electrons. The van der Waals surface area contributed by atoms with Crippen molar-refractivity contribution in [3.8, 4) is 0 Å². The molecule has 1 N–H and O–H groups in total. The zero-order valence-corrected chi connectivity index (χ0v) is 7.20. The Kier molecular flexibility index (Phi) is 1.65. The van der Waals surface area contributed by atoms with Crippen molar-refractivity contribution in [2.75, 3.05) is 0 Å². The summed E-state index contributed by atoms with van der Waals surface area (Å²) in [6, 6.07) is 7.10. The fraction of sp³-hybridized carbons (Fsp3) is 0.200. The molecular weight excluding hydrogens is 166 g/mol. The Balaban J connectivity index is 2.60. The zero-order chi connectivity index (χ0) is 9.42. The summed E-state index contributed by atoms with van der Waals surface area (Å²) in [5, 5.41) is 2.60. The normalized spacial score (nSPS) is 20.8. The van der Waals surface area contributed by atoms with E-state index in [9.17, 15) is 9.59 Å². The number of Topliss-reactive ketones (excluding diaryl/α,β-unsaturated/α-hetero) is 1. The highest BCUT2D eigenvalue weighted by molar-refractivity contribution is 6.44. The number of hydrogen-bond acceptors (Lipinski definition) is 2. The molecule has 1 amide bonds. The van der Waals surface area contributed by atoms with Crippen molar-refractivity contribution < 1.29 is 9.59 Å². The molecule has 2 rings (SSSR count). The van der Waals surface area contributed by atoms with E-state index in [4.69, 9.17) is 0 Å². The molecule has 1 aliphatic heterocycles. The van der Waals surface area contributed by atoms with Gasteiger partial charge in [0.05, 0.1) is 6.04 Å². The molecule has 1 heterocycles. The maximum atomic E-state index is 11.4. The van der Waals surface area contributed by atoms with Gasteiger partial charge in [-0.2, -0.15) is 0 Å². The quantitative estimate of drug-likeness (QED) is 0.599. The number of amides is 1. The molecule has 1 aliphatic rings. The van der Waals surface area contributed by atoms with Crippen LogP contribution in [0.1, 0.15) is 28.9 Å². The van der Waals surface area contributed by atoms with E-state index in [1.54, 1.807) is 12.1 Å². The molecule has 0 aromatic heterocycles. The molecule has 0 bridgehead atoms. The highest BCUT2D eigenvalue weighted by Crippen LogP contribution is 2.21. The third-order valence-electron chi connectivity index (χ3n) is 2.23. The molecular formula is C10H9NO2. The van der Waals surface area contributed by atoms with Crippen molar-refractivity contribution in [2.45, 2.75) is 13.0 Å². The lowest BCUT2D eigenvalue weighted by Crippen LogP contribution is -2.38. The van der Waals surface area contributed by atoms with Gasteiger partial charge in [-0.05, 0) is 12.5 Å². The minimum atomic E-state index is -0.508. The molecule has 13 heavy (non-hydrogen) atoms. The minimum Gasteiger partial charge on any atom is -0.343 e. The van der Waals surface area contributed by atoms with Crippen molar-refractivity contribution in [1.29, 1.82) is 0 Å². The van der Waals surface area contributed by atoms with Crippen LogP contribution in [-0.2, 0) is 4.79 Å². The summed E-state index contributed by atoms with van der Waals surface area (Å²) >= 11 is 0. The Morgan fingerprint density at radius 1 is 1.23 bits per heavy atom. The number of benzene rings is 1. The highest BCUT2D eigenvalue weighted by atomic mass is 16.2. The molecule has 0 fully saturated rings. The molecule has 1 atom stereocenters. The van der Waals surface area contributed by atoms with Crippen molar-refractivity contribution in [2.24, 2.45) is 0 Å². The van der Waals surface area contributed by atoms with Gasteiger partial charge in [0, 0.05) is 5.56 Å². The van der Waals surface area contributed by atoms with Gasteiger partial charge < -0.3 is 5.32 Å². The van der Waals surface area contributed by atoms with Crippen LogP contribution in [0.15, 0.2) is 24.3 Å². The zero-order valence-electron chi connectivity index (χ0n) is 7.20. The van der Waals surface area contributed by atoms with Crippen LogP contribution in [-0.4, -0.2) is 11.7 Å². The average molecular weight is 175 g/mol. The third-order valence-corrected chi connectivity index (χ3v) is 2.23.